The fourth-order valence-corrected chi connectivity index (χ4v) is 1.77. The van der Waals surface area contributed by atoms with E-state index in [1.807, 2.05) is 48.5 Å². The molecule has 0 fully saturated rings. The lowest BCUT2D eigenvalue weighted by Gasteiger charge is -1.91. The van der Waals surface area contributed by atoms with E-state index in [4.69, 9.17) is 0 Å². The summed E-state index contributed by atoms with van der Waals surface area (Å²) in [7, 11) is 1.00. The van der Waals surface area contributed by atoms with Gasteiger partial charge in [-0.15, -0.1) is 0 Å². The Morgan fingerprint density at radius 3 is 1.93 bits per heavy atom. The van der Waals surface area contributed by atoms with Gasteiger partial charge in [0.25, 0.3) is 0 Å². The van der Waals surface area contributed by atoms with Gasteiger partial charge in [-0.05, 0) is 24.3 Å². The lowest BCUT2D eigenvalue weighted by atomic mass is 10.3. The zero-order chi connectivity index (χ0) is 9.64. The maximum atomic E-state index is 4.45. The van der Waals surface area contributed by atoms with Crippen molar-refractivity contribution in [3.05, 3.63) is 60.7 Å². The Labute approximate surface area is 85.3 Å². The number of hydrogen-bond acceptors (Lipinski definition) is 1. The first-order valence-electron chi connectivity index (χ1n) is 4.47. The highest BCUT2D eigenvalue weighted by Crippen LogP contribution is 2.15. The molecule has 2 rings (SSSR count). The average molecular weight is 199 g/mol. The van der Waals surface area contributed by atoms with E-state index >= 15 is 0 Å². The first kappa shape index (κ1) is 9.11. The molecule has 0 heterocycles. The first-order chi connectivity index (χ1) is 6.95. The van der Waals surface area contributed by atoms with Gasteiger partial charge in [-0.3, -0.25) is 0 Å². The largest absolute Gasteiger partial charge is 0.227 e. The second-order valence-corrected chi connectivity index (χ2v) is 3.79. The third-order valence-corrected chi connectivity index (χ3v) is 2.65. The van der Waals surface area contributed by atoms with Crippen molar-refractivity contribution in [2.75, 3.05) is 0 Å². The molecule has 0 N–H and O–H groups in total. The maximum absolute atomic E-state index is 4.45. The summed E-state index contributed by atoms with van der Waals surface area (Å²) in [4.78, 5) is 0. The van der Waals surface area contributed by atoms with Crippen LogP contribution in [0.3, 0.4) is 0 Å². The highest BCUT2D eigenvalue weighted by atomic mass is 31.1. The van der Waals surface area contributed by atoms with Crippen molar-refractivity contribution < 1.29 is 0 Å². The lowest BCUT2D eigenvalue weighted by molar-refractivity contribution is 1.57. The number of hydrogen-bond donors (Lipinski definition) is 0. The molecule has 2 heteroatoms. The summed E-state index contributed by atoms with van der Waals surface area (Å²) in [6.07, 6.45) is 0. The first-order valence-corrected chi connectivity index (χ1v) is 5.32. The molecule has 2 aromatic carbocycles. The van der Waals surface area contributed by atoms with Crippen LogP contribution in [-0.4, -0.2) is 0 Å². The zero-order valence-electron chi connectivity index (χ0n) is 7.67. The van der Waals surface area contributed by atoms with Crippen molar-refractivity contribution in [3.8, 4) is 0 Å². The van der Waals surface area contributed by atoms with Gasteiger partial charge in [0.15, 0.2) is 0 Å². The number of rotatable bonds is 2. The minimum absolute atomic E-state index is 1.00. The van der Waals surface area contributed by atoms with Gasteiger partial charge in [0.05, 0.1) is 5.69 Å². The van der Waals surface area contributed by atoms with Crippen molar-refractivity contribution >= 4 is 19.4 Å². The van der Waals surface area contributed by atoms with E-state index in [1.165, 1.54) is 5.30 Å². The molecule has 0 aliphatic rings. The Morgan fingerprint density at radius 2 is 1.29 bits per heavy atom. The minimum atomic E-state index is 1.00. The van der Waals surface area contributed by atoms with E-state index in [2.05, 4.69) is 16.9 Å². The molecule has 0 unspecified atom stereocenters. The summed E-state index contributed by atoms with van der Waals surface area (Å²) in [5.41, 5.74) is 1.03. The van der Waals surface area contributed by atoms with E-state index in [0.717, 1.165) is 14.1 Å². The van der Waals surface area contributed by atoms with Crippen LogP contribution in [0.4, 0.5) is 5.69 Å². The third-order valence-electron chi connectivity index (χ3n) is 1.79. The van der Waals surface area contributed by atoms with Crippen molar-refractivity contribution in [2.24, 2.45) is 4.74 Å². The summed E-state index contributed by atoms with van der Waals surface area (Å²) in [5.74, 6) is 0. The number of nitrogens with zero attached hydrogens (tertiary/aromatic N) is 1. The summed E-state index contributed by atoms with van der Waals surface area (Å²) in [6.45, 7) is 0. The molecule has 0 aliphatic carbocycles. The highest BCUT2D eigenvalue weighted by molar-refractivity contribution is 7.37. The minimum Gasteiger partial charge on any atom is -0.227 e. The second-order valence-electron chi connectivity index (χ2n) is 2.87. The second kappa shape index (κ2) is 4.69. The molecule has 0 radical (unpaired) electrons. The molecule has 0 saturated heterocycles. The molecule has 0 atom stereocenters. The monoisotopic (exact) mass is 199 g/mol. The van der Waals surface area contributed by atoms with Gasteiger partial charge in [0, 0.05) is 13.7 Å². The van der Waals surface area contributed by atoms with Gasteiger partial charge in [0.1, 0.15) is 0 Å². The fourth-order valence-electron chi connectivity index (χ4n) is 1.10. The van der Waals surface area contributed by atoms with Gasteiger partial charge in [-0.1, -0.05) is 36.4 Å². The highest BCUT2D eigenvalue weighted by Gasteiger charge is 1.86. The topological polar surface area (TPSA) is 12.4 Å². The van der Waals surface area contributed by atoms with Gasteiger partial charge in [-0.2, -0.15) is 0 Å². The standard InChI is InChI=1S/C12H10NP/c1-3-7-11(8-4-1)13-14-12-9-5-2-6-10-12/h1-10H. The average Bonchev–Trinajstić information content (AvgIpc) is 2.29. The van der Waals surface area contributed by atoms with E-state index in [9.17, 15) is 0 Å². The molecule has 0 saturated carbocycles. The lowest BCUT2D eigenvalue weighted by Crippen LogP contribution is -1.85. The van der Waals surface area contributed by atoms with Gasteiger partial charge in [-0.25, -0.2) is 4.74 Å². The Morgan fingerprint density at radius 1 is 0.714 bits per heavy atom. The summed E-state index contributed by atoms with van der Waals surface area (Å²) in [6, 6.07) is 20.2. The van der Waals surface area contributed by atoms with Crippen LogP contribution >= 0.6 is 8.37 Å². The molecular weight excluding hydrogens is 189 g/mol. The Balaban J connectivity index is 2.16. The molecule has 1 nitrogen and oxygen atoms in total. The molecule has 0 aliphatic heterocycles. The van der Waals surface area contributed by atoms with Gasteiger partial charge < -0.3 is 0 Å². The summed E-state index contributed by atoms with van der Waals surface area (Å²) < 4.78 is 4.45. The molecule has 68 valence electrons. The molecule has 14 heavy (non-hydrogen) atoms. The van der Waals surface area contributed by atoms with Crippen LogP contribution < -0.4 is 5.30 Å². The normalized spacial score (nSPS) is 10.6. The molecule has 0 aromatic heterocycles. The van der Waals surface area contributed by atoms with Crippen molar-refractivity contribution in [1.82, 2.24) is 0 Å². The van der Waals surface area contributed by atoms with Crippen LogP contribution in [0.1, 0.15) is 0 Å². The predicted molar refractivity (Wildman–Crippen MR) is 61.5 cm³/mol. The quantitative estimate of drug-likeness (QED) is 0.653. The van der Waals surface area contributed by atoms with Crippen LogP contribution in [0.25, 0.3) is 0 Å². The molecule has 2 aromatic rings. The zero-order valence-corrected chi connectivity index (χ0v) is 8.56. The van der Waals surface area contributed by atoms with Gasteiger partial charge >= 0.3 is 0 Å². The van der Waals surface area contributed by atoms with Crippen LogP contribution in [-0.2, 0) is 0 Å². The molecule has 0 spiro atoms. The molecular formula is C12H10NP. The Kier molecular flexibility index (Phi) is 3.05. The smallest absolute Gasteiger partial charge is 0.0679 e. The Hall–Kier alpha value is -1.46. The van der Waals surface area contributed by atoms with Crippen molar-refractivity contribution in [3.63, 3.8) is 0 Å². The van der Waals surface area contributed by atoms with Crippen LogP contribution in [0, 0.1) is 0 Å². The molecule has 0 amide bonds. The predicted octanol–water partition coefficient (Wildman–Crippen LogP) is 3.77. The van der Waals surface area contributed by atoms with Crippen LogP contribution in [0.15, 0.2) is 65.4 Å². The van der Waals surface area contributed by atoms with Gasteiger partial charge in [0.2, 0.25) is 0 Å². The SMILES string of the molecule is c1ccc(N=Pc2ccccc2)cc1. The maximum Gasteiger partial charge on any atom is 0.0679 e. The Bertz CT molecular complexity index is 367. The van der Waals surface area contributed by atoms with E-state index in [1.54, 1.807) is 0 Å². The third kappa shape index (κ3) is 2.51. The molecule has 0 bridgehead atoms. The van der Waals surface area contributed by atoms with E-state index < -0.39 is 0 Å². The van der Waals surface area contributed by atoms with Crippen LogP contribution in [0.5, 0.6) is 0 Å². The number of benzene rings is 2. The van der Waals surface area contributed by atoms with Crippen molar-refractivity contribution in [1.29, 1.82) is 0 Å². The van der Waals surface area contributed by atoms with Crippen LogP contribution in [0.2, 0.25) is 0 Å². The van der Waals surface area contributed by atoms with E-state index in [0.29, 0.717) is 0 Å². The fraction of sp³-hybridized carbons (Fsp3) is 0. The van der Waals surface area contributed by atoms with Crippen molar-refractivity contribution in [2.45, 2.75) is 0 Å². The summed E-state index contributed by atoms with van der Waals surface area (Å²) in [5, 5.41) is 1.22. The van der Waals surface area contributed by atoms with E-state index in [-0.39, 0.29) is 0 Å². The summed E-state index contributed by atoms with van der Waals surface area (Å²) >= 11 is 0.